The molecule has 0 spiro atoms. The number of hydrogen-bond donors (Lipinski definition) is 0. The van der Waals surface area contributed by atoms with Crippen molar-refractivity contribution in [3.8, 4) is 0 Å². The van der Waals surface area contributed by atoms with Gasteiger partial charge in [0.1, 0.15) is 5.92 Å². The zero-order valence-corrected chi connectivity index (χ0v) is 18.4. The van der Waals surface area contributed by atoms with Gasteiger partial charge in [0, 0.05) is 7.05 Å². The predicted octanol–water partition coefficient (Wildman–Crippen LogP) is 6.95. The molecule has 1 fully saturated rings. The van der Waals surface area contributed by atoms with Crippen molar-refractivity contribution < 1.29 is 22.7 Å². The zero-order chi connectivity index (χ0) is 23.6. The number of halogens is 3. The summed E-state index contributed by atoms with van der Waals surface area (Å²) in [5.41, 5.74) is 1.39. The summed E-state index contributed by atoms with van der Waals surface area (Å²) in [5, 5.41) is 2.03. The first-order chi connectivity index (χ1) is 15.8. The van der Waals surface area contributed by atoms with E-state index in [2.05, 4.69) is 18.0 Å². The van der Waals surface area contributed by atoms with Gasteiger partial charge in [0.05, 0.1) is 5.56 Å². The molecule has 1 aliphatic heterocycles. The maximum absolute atomic E-state index is 13.3. The van der Waals surface area contributed by atoms with Crippen LogP contribution in [0.4, 0.5) is 13.2 Å². The van der Waals surface area contributed by atoms with Crippen LogP contribution in [-0.4, -0.2) is 18.7 Å². The van der Waals surface area contributed by atoms with Gasteiger partial charge in [0.15, 0.2) is 5.76 Å². The Balaban J connectivity index is 1.76. The van der Waals surface area contributed by atoms with Crippen molar-refractivity contribution in [2.75, 3.05) is 7.05 Å². The number of ether oxygens (including phenoxy) is 1. The molecule has 0 bridgehead atoms. The molecule has 170 valence electrons. The number of ketones is 1. The quantitative estimate of drug-likeness (QED) is 0.394. The molecule has 1 saturated heterocycles. The fourth-order valence-corrected chi connectivity index (χ4v) is 4.13. The Morgan fingerprint density at radius 2 is 1.85 bits per heavy atom. The number of aliphatic imine (C=N–C) groups is 1. The van der Waals surface area contributed by atoms with Gasteiger partial charge in [-0.1, -0.05) is 67.9 Å². The highest BCUT2D eigenvalue weighted by Crippen LogP contribution is 2.36. The second kappa shape index (κ2) is 9.22. The van der Waals surface area contributed by atoms with Crippen LogP contribution in [-0.2, 0) is 22.1 Å². The standard InChI is InChI=1S/C27H24F3NO2/c1-3-4-8-17-13-18-9-5-6-12-22(18)20(14-17)16-23-25(32)24(26(31-2)33-23)19-10-7-11-21(15-19)27(28,29)30/h5-7,9-16,24H,3-4,8H2,1-2H3. The summed E-state index contributed by atoms with van der Waals surface area (Å²) in [6, 6.07) is 16.8. The van der Waals surface area contributed by atoms with Crippen molar-refractivity contribution in [2.24, 2.45) is 4.99 Å². The monoisotopic (exact) mass is 451 g/mol. The van der Waals surface area contributed by atoms with Crippen LogP contribution >= 0.6 is 0 Å². The van der Waals surface area contributed by atoms with Crippen LogP contribution in [0.2, 0.25) is 0 Å². The number of fused-ring (bicyclic) bond motifs is 1. The lowest BCUT2D eigenvalue weighted by molar-refractivity contribution is -0.137. The Bertz CT molecular complexity index is 1260. The van der Waals surface area contributed by atoms with Crippen molar-refractivity contribution >= 4 is 28.5 Å². The number of unbranched alkanes of at least 4 members (excludes halogenated alkanes) is 1. The van der Waals surface area contributed by atoms with E-state index >= 15 is 0 Å². The predicted molar refractivity (Wildman–Crippen MR) is 124 cm³/mol. The second-order valence-electron chi connectivity index (χ2n) is 8.10. The van der Waals surface area contributed by atoms with E-state index in [9.17, 15) is 18.0 Å². The number of carbonyl (C=O) groups is 1. The van der Waals surface area contributed by atoms with E-state index in [1.807, 2.05) is 30.3 Å². The van der Waals surface area contributed by atoms with E-state index in [-0.39, 0.29) is 17.2 Å². The molecule has 4 rings (SSSR count). The normalized spacial score (nSPS) is 18.9. The van der Waals surface area contributed by atoms with Gasteiger partial charge in [0.2, 0.25) is 11.7 Å². The van der Waals surface area contributed by atoms with Crippen molar-refractivity contribution in [3.63, 3.8) is 0 Å². The highest BCUT2D eigenvalue weighted by Gasteiger charge is 2.40. The molecule has 1 heterocycles. The van der Waals surface area contributed by atoms with Gasteiger partial charge in [-0.15, -0.1) is 0 Å². The lowest BCUT2D eigenvalue weighted by Crippen LogP contribution is -2.14. The summed E-state index contributed by atoms with van der Waals surface area (Å²) in [4.78, 5) is 17.3. The van der Waals surface area contributed by atoms with Gasteiger partial charge < -0.3 is 4.74 Å². The molecule has 0 N–H and O–H groups in total. The molecule has 0 saturated carbocycles. The minimum absolute atomic E-state index is 0.0795. The molecule has 0 amide bonds. The fraction of sp³-hybridized carbons (Fsp3) is 0.259. The number of benzene rings is 3. The van der Waals surface area contributed by atoms with Crippen LogP contribution in [0.5, 0.6) is 0 Å². The van der Waals surface area contributed by atoms with Gasteiger partial charge in [-0.25, -0.2) is 0 Å². The van der Waals surface area contributed by atoms with Gasteiger partial charge in [-0.2, -0.15) is 13.2 Å². The molecule has 0 aromatic heterocycles. The number of alkyl halides is 3. The van der Waals surface area contributed by atoms with E-state index in [4.69, 9.17) is 4.74 Å². The minimum Gasteiger partial charge on any atom is -0.438 e. The molecule has 33 heavy (non-hydrogen) atoms. The molecule has 3 nitrogen and oxygen atoms in total. The summed E-state index contributed by atoms with van der Waals surface area (Å²) < 4.78 is 45.4. The molecule has 6 heteroatoms. The van der Waals surface area contributed by atoms with Crippen LogP contribution in [0.1, 0.15) is 47.9 Å². The topological polar surface area (TPSA) is 38.7 Å². The van der Waals surface area contributed by atoms with Crippen LogP contribution in [0.15, 0.2) is 71.4 Å². The Hall–Kier alpha value is -3.41. The third-order valence-electron chi connectivity index (χ3n) is 5.79. The van der Waals surface area contributed by atoms with Crippen molar-refractivity contribution in [2.45, 2.75) is 38.3 Å². The second-order valence-corrected chi connectivity index (χ2v) is 8.10. The number of Topliss-reactive ketones (excluding diaryl/α,β-unsaturated/α-hetero) is 1. The van der Waals surface area contributed by atoms with E-state index < -0.39 is 23.4 Å². The average molecular weight is 451 g/mol. The molecule has 1 aliphatic rings. The maximum atomic E-state index is 13.3. The first-order valence-electron chi connectivity index (χ1n) is 10.9. The Kier molecular flexibility index (Phi) is 6.36. The maximum Gasteiger partial charge on any atom is 0.416 e. The van der Waals surface area contributed by atoms with E-state index in [0.29, 0.717) is 0 Å². The lowest BCUT2D eigenvalue weighted by Gasteiger charge is -2.11. The largest absolute Gasteiger partial charge is 0.438 e. The zero-order valence-electron chi connectivity index (χ0n) is 18.4. The third kappa shape index (κ3) is 4.70. The Labute approximate surface area is 190 Å². The lowest BCUT2D eigenvalue weighted by atomic mass is 9.92. The summed E-state index contributed by atoms with van der Waals surface area (Å²) in [5.74, 6) is -1.23. The third-order valence-corrected chi connectivity index (χ3v) is 5.79. The van der Waals surface area contributed by atoms with Gasteiger partial charge in [0.25, 0.3) is 0 Å². The molecule has 1 atom stereocenters. The fourth-order valence-electron chi connectivity index (χ4n) is 4.13. The summed E-state index contributed by atoms with van der Waals surface area (Å²) >= 11 is 0. The highest BCUT2D eigenvalue weighted by molar-refractivity contribution is 6.21. The van der Waals surface area contributed by atoms with Gasteiger partial charge in [-0.05, 0) is 52.4 Å². The van der Waals surface area contributed by atoms with Crippen LogP contribution in [0.25, 0.3) is 16.8 Å². The smallest absolute Gasteiger partial charge is 0.416 e. The number of nitrogens with zero attached hydrogens (tertiary/aromatic N) is 1. The van der Waals surface area contributed by atoms with Crippen LogP contribution < -0.4 is 0 Å². The van der Waals surface area contributed by atoms with Crippen molar-refractivity contribution in [1.82, 2.24) is 0 Å². The number of rotatable bonds is 5. The van der Waals surface area contributed by atoms with Gasteiger partial charge >= 0.3 is 6.18 Å². The molecular formula is C27H24F3NO2. The van der Waals surface area contributed by atoms with Crippen molar-refractivity contribution in [1.29, 1.82) is 0 Å². The van der Waals surface area contributed by atoms with E-state index in [1.165, 1.54) is 19.2 Å². The Morgan fingerprint density at radius 3 is 2.58 bits per heavy atom. The van der Waals surface area contributed by atoms with E-state index in [0.717, 1.165) is 53.3 Å². The number of allylic oxidation sites excluding steroid dienone is 1. The Morgan fingerprint density at radius 1 is 1.06 bits per heavy atom. The molecule has 3 aromatic rings. The molecule has 1 unspecified atom stereocenters. The minimum atomic E-state index is -4.50. The van der Waals surface area contributed by atoms with Crippen LogP contribution in [0.3, 0.4) is 0 Å². The summed E-state index contributed by atoms with van der Waals surface area (Å²) in [7, 11) is 1.47. The summed E-state index contributed by atoms with van der Waals surface area (Å²) in [6.45, 7) is 2.13. The molecule has 0 aliphatic carbocycles. The number of aryl methyl sites for hydroxylation is 1. The highest BCUT2D eigenvalue weighted by atomic mass is 19.4. The number of hydrogen-bond acceptors (Lipinski definition) is 3. The first kappa shape index (κ1) is 22.8. The van der Waals surface area contributed by atoms with Crippen molar-refractivity contribution in [3.05, 3.63) is 88.7 Å². The van der Waals surface area contributed by atoms with Crippen LogP contribution in [0, 0.1) is 0 Å². The SMILES string of the molecule is CCCCc1cc(C=C2OC(=NC)C(c3cccc(C(F)(F)F)c3)C2=O)c2ccccc2c1. The molecular weight excluding hydrogens is 427 g/mol. The number of carbonyl (C=O) groups excluding carboxylic acids is 1. The van der Waals surface area contributed by atoms with E-state index in [1.54, 1.807) is 6.08 Å². The average Bonchev–Trinajstić information content (AvgIpc) is 3.12. The first-order valence-corrected chi connectivity index (χ1v) is 10.9. The van der Waals surface area contributed by atoms with Gasteiger partial charge in [-0.3, -0.25) is 9.79 Å². The summed E-state index contributed by atoms with van der Waals surface area (Å²) in [6.07, 6.45) is 0.214. The molecule has 3 aromatic carbocycles. The molecule has 0 radical (unpaired) electrons.